The molecule has 38 heavy (non-hydrogen) atoms. The van der Waals surface area contributed by atoms with Gasteiger partial charge in [0.2, 0.25) is 11.8 Å². The zero-order valence-electron chi connectivity index (χ0n) is 22.5. The molecule has 0 aromatic heterocycles. The van der Waals surface area contributed by atoms with Crippen LogP contribution in [0.5, 0.6) is 0 Å². The Kier molecular flexibility index (Phi) is 7.40. The lowest BCUT2D eigenvalue weighted by atomic mass is 9.66. The Bertz CT molecular complexity index is 1070. The molecule has 6 atom stereocenters. The van der Waals surface area contributed by atoms with Crippen molar-refractivity contribution >= 4 is 17.8 Å². The molecule has 8 heteroatoms. The van der Waals surface area contributed by atoms with Crippen molar-refractivity contribution in [2.75, 3.05) is 19.8 Å². The quantitative estimate of drug-likeness (QED) is 0.393. The van der Waals surface area contributed by atoms with E-state index in [1.807, 2.05) is 42.2 Å². The standard InChI is InChI=1S/C30H40N2O6/c1-4-18-31(21-14-10-7-11-15-21)27(35)25-30-17-16-29(3,38-30)24(28(36)37-5-2)23(30)26(34)32(25)22(19-33)20-12-8-6-9-13-20/h4,6,8-9,12-13,21-25,33H,1,5,7,10-11,14-19H2,2-3H3/t22-,23+,24+,25?,29-,30?/m1/s1. The summed E-state index contributed by atoms with van der Waals surface area (Å²) in [6.07, 6.45) is 7.84. The Morgan fingerprint density at radius 2 is 1.95 bits per heavy atom. The molecule has 4 fully saturated rings. The molecule has 1 N–H and O–H groups in total. The Balaban J connectivity index is 1.63. The maximum absolute atomic E-state index is 14.7. The normalized spacial score (nSPS) is 33.2. The van der Waals surface area contributed by atoms with Crippen molar-refractivity contribution in [3.8, 4) is 0 Å². The summed E-state index contributed by atoms with van der Waals surface area (Å²) in [6, 6.07) is 7.64. The number of aliphatic hydroxyl groups is 1. The first kappa shape index (κ1) is 26.9. The number of nitrogens with zero attached hydrogens (tertiary/aromatic N) is 2. The summed E-state index contributed by atoms with van der Waals surface area (Å²) in [6.45, 7) is 7.74. The molecule has 3 heterocycles. The van der Waals surface area contributed by atoms with Crippen molar-refractivity contribution < 1.29 is 29.0 Å². The Morgan fingerprint density at radius 3 is 2.58 bits per heavy atom. The van der Waals surface area contributed by atoms with Crippen LogP contribution in [-0.2, 0) is 23.9 Å². The first-order chi connectivity index (χ1) is 18.3. The van der Waals surface area contributed by atoms with Gasteiger partial charge in [0.25, 0.3) is 0 Å². The molecule has 4 aliphatic rings. The zero-order valence-corrected chi connectivity index (χ0v) is 22.5. The third-order valence-corrected chi connectivity index (χ3v) is 9.31. The second-order valence-electron chi connectivity index (χ2n) is 11.4. The van der Waals surface area contributed by atoms with Crippen molar-refractivity contribution in [3.05, 3.63) is 48.6 Å². The summed E-state index contributed by atoms with van der Waals surface area (Å²) in [5, 5.41) is 10.6. The summed E-state index contributed by atoms with van der Waals surface area (Å²) in [5.41, 5.74) is -1.30. The minimum absolute atomic E-state index is 0.0565. The molecule has 3 saturated heterocycles. The second kappa shape index (κ2) is 10.5. The van der Waals surface area contributed by atoms with E-state index in [1.165, 1.54) is 0 Å². The molecule has 1 saturated carbocycles. The van der Waals surface area contributed by atoms with Crippen molar-refractivity contribution in [3.63, 3.8) is 0 Å². The molecule has 1 aromatic rings. The topological polar surface area (TPSA) is 96.4 Å². The van der Waals surface area contributed by atoms with E-state index in [0.29, 0.717) is 19.4 Å². The SMILES string of the molecule is C=CCN(C(=O)C1N([C@H](CO)c2ccccc2)C(=O)[C@@H]2[C@@H](C(=O)OCC)[C@@]3(C)CCC12O3)C1CCCCC1. The number of fused-ring (bicyclic) bond motifs is 1. The predicted octanol–water partition coefficient (Wildman–Crippen LogP) is 3.40. The van der Waals surface area contributed by atoms with Gasteiger partial charge in [-0.1, -0.05) is 55.7 Å². The van der Waals surface area contributed by atoms with Crippen LogP contribution in [0.3, 0.4) is 0 Å². The smallest absolute Gasteiger partial charge is 0.312 e. The fraction of sp³-hybridized carbons (Fsp3) is 0.633. The third-order valence-electron chi connectivity index (χ3n) is 9.31. The molecule has 1 aromatic carbocycles. The van der Waals surface area contributed by atoms with Crippen LogP contribution in [-0.4, -0.2) is 75.7 Å². The van der Waals surface area contributed by atoms with E-state index >= 15 is 0 Å². The second-order valence-corrected chi connectivity index (χ2v) is 11.4. The largest absolute Gasteiger partial charge is 0.466 e. The van der Waals surface area contributed by atoms with Crippen molar-refractivity contribution in [2.45, 2.75) is 88.1 Å². The Hall–Kier alpha value is -2.71. The lowest BCUT2D eigenvalue weighted by Crippen LogP contribution is -2.59. The van der Waals surface area contributed by atoms with Gasteiger partial charge in [-0.2, -0.15) is 0 Å². The number of esters is 1. The number of hydrogen-bond donors (Lipinski definition) is 1. The molecule has 206 valence electrons. The van der Waals surface area contributed by atoms with E-state index in [0.717, 1.165) is 37.7 Å². The average molecular weight is 525 g/mol. The highest BCUT2D eigenvalue weighted by atomic mass is 16.6. The predicted molar refractivity (Wildman–Crippen MR) is 141 cm³/mol. The van der Waals surface area contributed by atoms with Gasteiger partial charge in [0.05, 0.1) is 30.8 Å². The van der Waals surface area contributed by atoms with Crippen LogP contribution < -0.4 is 0 Å². The fourth-order valence-corrected chi connectivity index (χ4v) is 7.71. The maximum Gasteiger partial charge on any atom is 0.312 e. The molecule has 5 rings (SSSR count). The van der Waals surface area contributed by atoms with Gasteiger partial charge in [0.1, 0.15) is 17.6 Å². The zero-order chi connectivity index (χ0) is 27.1. The number of hydrogen-bond acceptors (Lipinski definition) is 6. The van der Waals surface area contributed by atoms with Crippen LogP contribution in [0.15, 0.2) is 43.0 Å². The highest BCUT2D eigenvalue weighted by Crippen LogP contribution is 2.64. The van der Waals surface area contributed by atoms with Crippen LogP contribution in [0.1, 0.15) is 70.4 Å². The summed E-state index contributed by atoms with van der Waals surface area (Å²) < 4.78 is 12.1. The van der Waals surface area contributed by atoms with Crippen molar-refractivity contribution in [1.82, 2.24) is 9.80 Å². The molecule has 3 aliphatic heterocycles. The monoisotopic (exact) mass is 524 g/mol. The third kappa shape index (κ3) is 4.08. The molecule has 0 radical (unpaired) electrons. The lowest BCUT2D eigenvalue weighted by molar-refractivity contribution is -0.162. The number of benzene rings is 1. The van der Waals surface area contributed by atoms with E-state index in [9.17, 15) is 19.5 Å². The summed E-state index contributed by atoms with van der Waals surface area (Å²) in [5.74, 6) is -2.62. The van der Waals surface area contributed by atoms with Crippen LogP contribution in [0, 0.1) is 11.8 Å². The van der Waals surface area contributed by atoms with E-state index in [1.54, 1.807) is 17.9 Å². The van der Waals surface area contributed by atoms with Crippen molar-refractivity contribution in [1.29, 1.82) is 0 Å². The first-order valence-electron chi connectivity index (χ1n) is 14.1. The lowest BCUT2D eigenvalue weighted by Gasteiger charge is -2.42. The molecule has 2 unspecified atom stereocenters. The number of aliphatic hydroxyl groups excluding tert-OH is 1. The van der Waals surface area contributed by atoms with E-state index < -0.39 is 41.1 Å². The van der Waals surface area contributed by atoms with Crippen LogP contribution in [0.4, 0.5) is 0 Å². The minimum Gasteiger partial charge on any atom is -0.466 e. The van der Waals surface area contributed by atoms with Crippen molar-refractivity contribution in [2.24, 2.45) is 11.8 Å². The number of likely N-dealkylation sites (tertiary alicyclic amines) is 1. The van der Waals surface area contributed by atoms with Crippen LogP contribution in [0.2, 0.25) is 0 Å². The Labute approximate surface area is 225 Å². The molecular weight excluding hydrogens is 484 g/mol. The van der Waals surface area contributed by atoms with E-state index in [2.05, 4.69) is 6.58 Å². The van der Waals surface area contributed by atoms with E-state index in [-0.39, 0.29) is 31.1 Å². The molecule has 1 spiro atoms. The molecule has 8 nitrogen and oxygen atoms in total. The summed E-state index contributed by atoms with van der Waals surface area (Å²) in [4.78, 5) is 45.8. The number of carbonyl (C=O) groups excluding carboxylic acids is 3. The molecule has 2 bridgehead atoms. The van der Waals surface area contributed by atoms with E-state index in [4.69, 9.17) is 9.47 Å². The van der Waals surface area contributed by atoms with Gasteiger partial charge in [-0.05, 0) is 45.1 Å². The highest BCUT2D eigenvalue weighted by Gasteiger charge is 2.79. The van der Waals surface area contributed by atoms with Gasteiger partial charge in [-0.25, -0.2) is 0 Å². The molecule has 2 amide bonds. The number of rotatable bonds is 9. The molecular formula is C30H40N2O6. The number of carbonyl (C=O) groups is 3. The average Bonchev–Trinajstić information content (AvgIpc) is 3.50. The van der Waals surface area contributed by atoms with Gasteiger partial charge in [0.15, 0.2) is 0 Å². The summed E-state index contributed by atoms with van der Waals surface area (Å²) in [7, 11) is 0. The van der Waals surface area contributed by atoms with Gasteiger partial charge in [-0.15, -0.1) is 6.58 Å². The summed E-state index contributed by atoms with van der Waals surface area (Å²) >= 11 is 0. The number of ether oxygens (including phenoxy) is 2. The van der Waals surface area contributed by atoms with Crippen LogP contribution >= 0.6 is 0 Å². The van der Waals surface area contributed by atoms with Crippen LogP contribution in [0.25, 0.3) is 0 Å². The highest BCUT2D eigenvalue weighted by molar-refractivity contribution is 5.99. The van der Waals surface area contributed by atoms with Gasteiger partial charge in [-0.3, -0.25) is 14.4 Å². The minimum atomic E-state index is -1.16. The van der Waals surface area contributed by atoms with Gasteiger partial charge in [0, 0.05) is 12.6 Å². The first-order valence-corrected chi connectivity index (χ1v) is 14.1. The fourth-order valence-electron chi connectivity index (χ4n) is 7.71. The number of amides is 2. The van der Waals surface area contributed by atoms with Gasteiger partial charge >= 0.3 is 5.97 Å². The maximum atomic E-state index is 14.7. The molecule has 1 aliphatic carbocycles. The Morgan fingerprint density at radius 1 is 1.24 bits per heavy atom. The van der Waals surface area contributed by atoms with Gasteiger partial charge < -0.3 is 24.4 Å².